The number of fused-ring (bicyclic) bond motifs is 1. The first-order valence-electron chi connectivity index (χ1n) is 11.6. The van der Waals surface area contributed by atoms with Gasteiger partial charge in [0.1, 0.15) is 5.00 Å². The molecule has 0 bridgehead atoms. The number of benzene rings is 1. The summed E-state index contributed by atoms with van der Waals surface area (Å²) in [6.45, 7) is 4.47. The number of carbonyl (C=O) groups is 1. The van der Waals surface area contributed by atoms with Gasteiger partial charge in [-0.25, -0.2) is 4.79 Å². The number of aryl methyl sites for hydroxylation is 2. The Labute approximate surface area is 225 Å². The van der Waals surface area contributed by atoms with Crippen LogP contribution in [0.4, 0.5) is 10.7 Å². The molecule has 2 aromatic heterocycles. The maximum atomic E-state index is 12.7. The van der Waals surface area contributed by atoms with Gasteiger partial charge in [0.15, 0.2) is 5.11 Å². The van der Waals surface area contributed by atoms with E-state index in [2.05, 4.69) is 15.7 Å². The van der Waals surface area contributed by atoms with Gasteiger partial charge >= 0.3 is 5.97 Å². The number of methoxy groups -OCH3 is 1. The van der Waals surface area contributed by atoms with Crippen molar-refractivity contribution < 1.29 is 9.53 Å². The van der Waals surface area contributed by atoms with Crippen molar-refractivity contribution in [2.75, 3.05) is 17.7 Å². The summed E-state index contributed by atoms with van der Waals surface area (Å²) in [5.74, 6) is -0.324. The SMILES string of the molecule is COC(=O)c1c(NC(=S)Nc2c(C)nn(Cc3ccc(Cl)c(Cl)c3)c2C)sc2c1CCCCCC2. The van der Waals surface area contributed by atoms with E-state index in [1.165, 1.54) is 24.8 Å². The number of thiocarbonyl (C=S) groups is 1. The lowest BCUT2D eigenvalue weighted by Gasteiger charge is -2.12. The van der Waals surface area contributed by atoms with Crippen molar-refractivity contribution in [1.82, 2.24) is 9.78 Å². The second-order valence-corrected chi connectivity index (χ2v) is 11.0. The molecule has 4 rings (SSSR count). The van der Waals surface area contributed by atoms with Crippen molar-refractivity contribution in [2.24, 2.45) is 0 Å². The molecule has 10 heteroatoms. The highest BCUT2D eigenvalue weighted by Crippen LogP contribution is 2.37. The van der Waals surface area contributed by atoms with Gasteiger partial charge in [0, 0.05) is 4.88 Å². The van der Waals surface area contributed by atoms with E-state index in [1.54, 1.807) is 17.4 Å². The van der Waals surface area contributed by atoms with Gasteiger partial charge < -0.3 is 15.4 Å². The van der Waals surface area contributed by atoms with Crippen LogP contribution in [0.25, 0.3) is 0 Å². The summed E-state index contributed by atoms with van der Waals surface area (Å²) in [4.78, 5) is 13.9. The fourth-order valence-corrected chi connectivity index (χ4v) is 6.29. The molecule has 1 aliphatic carbocycles. The number of carbonyl (C=O) groups excluding carboxylic acids is 1. The van der Waals surface area contributed by atoms with Crippen LogP contribution in [0, 0.1) is 13.8 Å². The Morgan fingerprint density at radius 2 is 1.89 bits per heavy atom. The molecule has 186 valence electrons. The highest BCUT2D eigenvalue weighted by atomic mass is 35.5. The normalized spacial score (nSPS) is 13.5. The van der Waals surface area contributed by atoms with Crippen LogP contribution in [-0.2, 0) is 24.1 Å². The third-order valence-corrected chi connectivity index (χ3v) is 8.37. The van der Waals surface area contributed by atoms with Gasteiger partial charge in [0.2, 0.25) is 0 Å². The first-order chi connectivity index (χ1) is 16.8. The number of esters is 1. The second kappa shape index (κ2) is 11.3. The van der Waals surface area contributed by atoms with Gasteiger partial charge in [-0.2, -0.15) is 5.10 Å². The molecule has 35 heavy (non-hydrogen) atoms. The molecule has 0 unspecified atom stereocenters. The van der Waals surface area contributed by atoms with Gasteiger partial charge in [-0.05, 0) is 75.0 Å². The summed E-state index contributed by atoms with van der Waals surface area (Å²) in [6.07, 6.45) is 6.48. The Kier molecular flexibility index (Phi) is 8.37. The summed E-state index contributed by atoms with van der Waals surface area (Å²) in [7, 11) is 1.42. The van der Waals surface area contributed by atoms with Crippen LogP contribution in [0.3, 0.4) is 0 Å². The van der Waals surface area contributed by atoms with Gasteiger partial charge in [-0.15, -0.1) is 11.3 Å². The van der Waals surface area contributed by atoms with Gasteiger partial charge in [0.05, 0.1) is 46.3 Å². The molecule has 0 aliphatic heterocycles. The number of nitrogens with zero attached hydrogens (tertiary/aromatic N) is 2. The minimum Gasteiger partial charge on any atom is -0.465 e. The van der Waals surface area contributed by atoms with Crippen molar-refractivity contribution in [3.8, 4) is 0 Å². The quantitative estimate of drug-likeness (QED) is 0.259. The Morgan fingerprint density at radius 1 is 1.14 bits per heavy atom. The molecule has 2 N–H and O–H groups in total. The lowest BCUT2D eigenvalue weighted by Crippen LogP contribution is -2.21. The Morgan fingerprint density at radius 3 is 2.60 bits per heavy atom. The lowest BCUT2D eigenvalue weighted by molar-refractivity contribution is 0.0601. The number of hydrogen-bond acceptors (Lipinski definition) is 5. The number of rotatable bonds is 5. The summed E-state index contributed by atoms with van der Waals surface area (Å²) >= 11 is 19.5. The number of nitrogens with one attached hydrogen (secondary N) is 2. The van der Waals surface area contributed by atoms with E-state index in [0.717, 1.165) is 58.9 Å². The number of hydrogen-bond donors (Lipinski definition) is 2. The van der Waals surface area contributed by atoms with Crippen LogP contribution in [0.15, 0.2) is 18.2 Å². The highest BCUT2D eigenvalue weighted by molar-refractivity contribution is 7.80. The van der Waals surface area contributed by atoms with Gasteiger partial charge in [0.25, 0.3) is 0 Å². The van der Waals surface area contributed by atoms with E-state index in [9.17, 15) is 4.79 Å². The topological polar surface area (TPSA) is 68.2 Å². The molecular formula is C25H28Cl2N4O2S2. The van der Waals surface area contributed by atoms with E-state index in [-0.39, 0.29) is 5.97 Å². The number of anilines is 2. The number of aromatic nitrogens is 2. The Hall–Kier alpha value is -2.13. The second-order valence-electron chi connectivity index (χ2n) is 8.64. The van der Waals surface area contributed by atoms with Crippen LogP contribution in [-0.4, -0.2) is 28.0 Å². The highest BCUT2D eigenvalue weighted by Gasteiger charge is 2.25. The first kappa shape index (κ1) is 25.9. The summed E-state index contributed by atoms with van der Waals surface area (Å²) in [5.41, 5.74) is 5.30. The molecule has 0 fully saturated rings. The minimum atomic E-state index is -0.324. The van der Waals surface area contributed by atoms with Crippen LogP contribution < -0.4 is 10.6 Å². The van der Waals surface area contributed by atoms with Gasteiger partial charge in [-0.3, -0.25) is 4.68 Å². The standard InChI is InChI=1S/C25H28Cl2N4O2S2/c1-14-22(15(2)31(30-14)13-16-10-11-18(26)19(27)12-16)28-25(34)29-23-21(24(32)33-3)17-8-6-4-5-7-9-20(17)35-23/h10-12H,4-9,13H2,1-3H3,(H2,28,29,34). The van der Waals surface area contributed by atoms with Crippen LogP contribution in [0.1, 0.15) is 63.4 Å². The third-order valence-electron chi connectivity index (χ3n) is 6.22. The Balaban J connectivity index is 1.54. The van der Waals surface area contributed by atoms with E-state index < -0.39 is 0 Å². The van der Waals surface area contributed by atoms with Crippen molar-refractivity contribution in [2.45, 2.75) is 58.9 Å². The molecule has 0 amide bonds. The van der Waals surface area contributed by atoms with E-state index >= 15 is 0 Å². The number of ether oxygens (including phenoxy) is 1. The zero-order valence-electron chi connectivity index (χ0n) is 20.0. The van der Waals surface area contributed by atoms with Crippen LogP contribution in [0.2, 0.25) is 10.0 Å². The molecule has 0 saturated carbocycles. The summed E-state index contributed by atoms with van der Waals surface area (Å²) in [6, 6.07) is 5.56. The fourth-order valence-electron chi connectivity index (χ4n) is 4.42. The lowest BCUT2D eigenvalue weighted by atomic mass is 9.96. The molecule has 3 aromatic rings. The van der Waals surface area contributed by atoms with Crippen LogP contribution in [0.5, 0.6) is 0 Å². The van der Waals surface area contributed by atoms with Crippen LogP contribution >= 0.6 is 46.8 Å². The zero-order valence-corrected chi connectivity index (χ0v) is 23.1. The largest absolute Gasteiger partial charge is 0.465 e. The molecule has 0 atom stereocenters. The molecular weight excluding hydrogens is 523 g/mol. The molecule has 0 radical (unpaired) electrons. The number of thiophene rings is 1. The van der Waals surface area contributed by atoms with E-state index in [0.29, 0.717) is 27.3 Å². The minimum absolute atomic E-state index is 0.324. The summed E-state index contributed by atoms with van der Waals surface area (Å²) < 4.78 is 7.02. The molecule has 2 heterocycles. The Bertz CT molecular complexity index is 1270. The molecule has 1 aromatic carbocycles. The average molecular weight is 552 g/mol. The average Bonchev–Trinajstić information content (AvgIpc) is 3.26. The predicted octanol–water partition coefficient (Wildman–Crippen LogP) is 7.17. The van der Waals surface area contributed by atoms with Crippen molar-refractivity contribution in [1.29, 1.82) is 0 Å². The predicted molar refractivity (Wildman–Crippen MR) is 149 cm³/mol. The summed E-state index contributed by atoms with van der Waals surface area (Å²) in [5, 5.41) is 13.4. The zero-order chi connectivity index (χ0) is 25.1. The number of halogens is 2. The molecule has 0 saturated heterocycles. The first-order valence-corrected chi connectivity index (χ1v) is 13.5. The monoisotopic (exact) mass is 550 g/mol. The van der Waals surface area contributed by atoms with Crippen molar-refractivity contribution in [3.63, 3.8) is 0 Å². The van der Waals surface area contributed by atoms with E-state index in [4.69, 9.17) is 40.2 Å². The van der Waals surface area contributed by atoms with Crippen molar-refractivity contribution in [3.05, 3.63) is 61.2 Å². The van der Waals surface area contributed by atoms with Crippen molar-refractivity contribution >= 4 is 68.5 Å². The van der Waals surface area contributed by atoms with E-state index in [1.807, 2.05) is 30.7 Å². The molecule has 6 nitrogen and oxygen atoms in total. The van der Waals surface area contributed by atoms with Gasteiger partial charge in [-0.1, -0.05) is 42.1 Å². The maximum Gasteiger partial charge on any atom is 0.341 e. The third kappa shape index (κ3) is 5.82. The fraction of sp³-hybridized carbons (Fsp3) is 0.400. The maximum absolute atomic E-state index is 12.7. The molecule has 1 aliphatic rings. The molecule has 0 spiro atoms. The smallest absolute Gasteiger partial charge is 0.341 e.